The Morgan fingerprint density at radius 1 is 1.10 bits per heavy atom. The van der Waals surface area contributed by atoms with Gasteiger partial charge < -0.3 is 16.0 Å². The number of carbonyl (C=O) groups is 1. The Labute approximate surface area is 134 Å². The number of amides is 1. The van der Waals surface area contributed by atoms with E-state index in [9.17, 15) is 4.79 Å². The van der Waals surface area contributed by atoms with Crippen LogP contribution >= 0.6 is 24.8 Å². The van der Waals surface area contributed by atoms with E-state index >= 15 is 0 Å². The first kappa shape index (κ1) is 18.0. The first-order chi connectivity index (χ1) is 8.65. The van der Waals surface area contributed by atoms with E-state index < -0.39 is 0 Å². The Bertz CT molecular complexity index is 332. The SMILES string of the molecule is CN1CCC(NC(=O)C2C3CCC(C3)C2N)CC1.Cl.Cl. The highest BCUT2D eigenvalue weighted by atomic mass is 35.5. The largest absolute Gasteiger partial charge is 0.353 e. The molecule has 2 bridgehead atoms. The summed E-state index contributed by atoms with van der Waals surface area (Å²) in [4.78, 5) is 14.7. The smallest absolute Gasteiger partial charge is 0.225 e. The number of hydrogen-bond donors (Lipinski definition) is 2. The molecule has 118 valence electrons. The summed E-state index contributed by atoms with van der Waals surface area (Å²) in [6.07, 6.45) is 5.80. The number of nitrogens with zero attached hydrogens (tertiary/aromatic N) is 1. The third kappa shape index (κ3) is 3.41. The molecule has 4 nitrogen and oxygen atoms in total. The zero-order valence-corrected chi connectivity index (χ0v) is 13.7. The minimum absolute atomic E-state index is 0. The second kappa shape index (κ2) is 7.30. The molecule has 0 aromatic heterocycles. The van der Waals surface area contributed by atoms with Crippen molar-refractivity contribution >= 4 is 30.7 Å². The van der Waals surface area contributed by atoms with Crippen LogP contribution in [0.5, 0.6) is 0 Å². The molecule has 2 aliphatic carbocycles. The van der Waals surface area contributed by atoms with Gasteiger partial charge in [-0.05, 0) is 64.1 Å². The number of likely N-dealkylation sites (tertiary alicyclic amines) is 1. The Morgan fingerprint density at radius 3 is 2.25 bits per heavy atom. The van der Waals surface area contributed by atoms with Gasteiger partial charge in [0, 0.05) is 12.1 Å². The highest BCUT2D eigenvalue weighted by Crippen LogP contribution is 2.47. The van der Waals surface area contributed by atoms with Gasteiger partial charge in [0.15, 0.2) is 0 Å². The third-order valence-electron chi connectivity index (χ3n) is 5.35. The van der Waals surface area contributed by atoms with Gasteiger partial charge in [0.1, 0.15) is 0 Å². The molecule has 0 aromatic rings. The fourth-order valence-electron chi connectivity index (χ4n) is 4.18. The fourth-order valence-corrected chi connectivity index (χ4v) is 4.18. The van der Waals surface area contributed by atoms with Crippen molar-refractivity contribution in [2.45, 2.75) is 44.2 Å². The van der Waals surface area contributed by atoms with E-state index in [1.54, 1.807) is 0 Å². The maximum atomic E-state index is 12.4. The van der Waals surface area contributed by atoms with Gasteiger partial charge in [0.05, 0.1) is 5.92 Å². The standard InChI is InChI=1S/C14H25N3O.2ClH/c1-17-6-4-11(5-7-17)16-14(18)12-9-2-3-10(8-9)13(12)15;;/h9-13H,2-8,15H2,1H3,(H,16,18);2*1H. The topological polar surface area (TPSA) is 58.4 Å². The van der Waals surface area contributed by atoms with Gasteiger partial charge >= 0.3 is 0 Å². The summed E-state index contributed by atoms with van der Waals surface area (Å²) in [6.45, 7) is 2.18. The lowest BCUT2D eigenvalue weighted by Crippen LogP contribution is -2.50. The lowest BCUT2D eigenvalue weighted by molar-refractivity contribution is -0.128. The Morgan fingerprint density at radius 2 is 1.70 bits per heavy atom. The van der Waals surface area contributed by atoms with Crippen LogP contribution in [0.4, 0.5) is 0 Å². The molecule has 3 aliphatic rings. The number of nitrogens with two attached hydrogens (primary N) is 1. The van der Waals surface area contributed by atoms with Crippen LogP contribution in [0, 0.1) is 17.8 Å². The van der Waals surface area contributed by atoms with Crippen molar-refractivity contribution in [2.75, 3.05) is 20.1 Å². The lowest BCUT2D eigenvalue weighted by Gasteiger charge is -2.32. The van der Waals surface area contributed by atoms with Crippen molar-refractivity contribution in [1.82, 2.24) is 10.2 Å². The Balaban J connectivity index is 0.000001000. The number of nitrogens with one attached hydrogen (secondary N) is 1. The van der Waals surface area contributed by atoms with Crippen LogP contribution in [0.3, 0.4) is 0 Å². The third-order valence-corrected chi connectivity index (χ3v) is 5.35. The van der Waals surface area contributed by atoms with Gasteiger partial charge in [-0.15, -0.1) is 24.8 Å². The van der Waals surface area contributed by atoms with Crippen LogP contribution in [0.2, 0.25) is 0 Å². The first-order valence-corrected chi connectivity index (χ1v) is 7.39. The van der Waals surface area contributed by atoms with Gasteiger partial charge in [-0.2, -0.15) is 0 Å². The monoisotopic (exact) mass is 323 g/mol. The van der Waals surface area contributed by atoms with E-state index in [4.69, 9.17) is 5.73 Å². The second-order valence-electron chi connectivity index (χ2n) is 6.52. The summed E-state index contributed by atoms with van der Waals surface area (Å²) >= 11 is 0. The molecule has 4 atom stereocenters. The molecule has 1 saturated heterocycles. The molecular formula is C14H27Cl2N3O. The van der Waals surface area contributed by atoms with Crippen LogP contribution < -0.4 is 11.1 Å². The van der Waals surface area contributed by atoms with Crippen LogP contribution in [0.1, 0.15) is 32.1 Å². The van der Waals surface area contributed by atoms with Gasteiger partial charge in [-0.3, -0.25) is 4.79 Å². The molecule has 0 aromatic carbocycles. The minimum Gasteiger partial charge on any atom is -0.353 e. The van der Waals surface area contributed by atoms with Gasteiger partial charge in [-0.25, -0.2) is 0 Å². The van der Waals surface area contributed by atoms with Crippen LogP contribution in [-0.4, -0.2) is 43.0 Å². The summed E-state index contributed by atoms with van der Waals surface area (Å²) in [6, 6.07) is 0.495. The van der Waals surface area contributed by atoms with E-state index in [1.165, 1.54) is 19.3 Å². The number of carbonyl (C=O) groups excluding carboxylic acids is 1. The molecule has 6 heteroatoms. The van der Waals surface area contributed by atoms with Crippen molar-refractivity contribution in [2.24, 2.45) is 23.5 Å². The van der Waals surface area contributed by atoms with E-state index in [0.29, 0.717) is 17.9 Å². The van der Waals surface area contributed by atoms with Crippen LogP contribution in [0.15, 0.2) is 0 Å². The maximum Gasteiger partial charge on any atom is 0.225 e. The number of fused-ring (bicyclic) bond motifs is 2. The summed E-state index contributed by atoms with van der Waals surface area (Å²) in [7, 11) is 2.14. The number of hydrogen-bond acceptors (Lipinski definition) is 3. The Hall–Kier alpha value is -0.0300. The summed E-state index contributed by atoms with van der Waals surface area (Å²) in [5.41, 5.74) is 6.22. The van der Waals surface area contributed by atoms with E-state index in [0.717, 1.165) is 25.9 Å². The quantitative estimate of drug-likeness (QED) is 0.808. The van der Waals surface area contributed by atoms with Gasteiger partial charge in [0.2, 0.25) is 5.91 Å². The zero-order chi connectivity index (χ0) is 12.7. The number of halogens is 2. The Kier molecular flexibility index (Phi) is 6.58. The van der Waals surface area contributed by atoms with E-state index in [1.807, 2.05) is 0 Å². The van der Waals surface area contributed by atoms with Gasteiger partial charge in [0.25, 0.3) is 0 Å². The summed E-state index contributed by atoms with van der Waals surface area (Å²) in [5, 5.41) is 3.25. The molecule has 1 aliphatic heterocycles. The molecule has 0 radical (unpaired) electrons. The zero-order valence-electron chi connectivity index (χ0n) is 12.1. The van der Waals surface area contributed by atoms with Crippen LogP contribution in [-0.2, 0) is 4.79 Å². The number of piperidine rings is 1. The van der Waals surface area contributed by atoms with Gasteiger partial charge in [-0.1, -0.05) is 0 Å². The second-order valence-corrected chi connectivity index (χ2v) is 6.52. The molecule has 1 amide bonds. The lowest BCUT2D eigenvalue weighted by atomic mass is 9.84. The average molecular weight is 324 g/mol. The van der Waals surface area contributed by atoms with Crippen molar-refractivity contribution in [3.63, 3.8) is 0 Å². The van der Waals surface area contributed by atoms with Crippen molar-refractivity contribution in [1.29, 1.82) is 0 Å². The molecule has 3 N–H and O–H groups in total. The molecule has 2 saturated carbocycles. The first-order valence-electron chi connectivity index (χ1n) is 7.39. The molecule has 20 heavy (non-hydrogen) atoms. The van der Waals surface area contributed by atoms with Crippen LogP contribution in [0.25, 0.3) is 0 Å². The maximum absolute atomic E-state index is 12.4. The summed E-state index contributed by atoms with van der Waals surface area (Å²) in [5.74, 6) is 1.52. The molecule has 1 heterocycles. The minimum atomic E-state index is 0. The highest BCUT2D eigenvalue weighted by Gasteiger charge is 2.49. The van der Waals surface area contributed by atoms with Crippen molar-refractivity contribution in [3.8, 4) is 0 Å². The molecular weight excluding hydrogens is 297 g/mol. The molecule has 3 rings (SSSR count). The predicted octanol–water partition coefficient (Wildman–Crippen LogP) is 1.41. The fraction of sp³-hybridized carbons (Fsp3) is 0.929. The van der Waals surface area contributed by atoms with E-state index in [2.05, 4.69) is 17.3 Å². The molecule has 4 unspecified atom stereocenters. The molecule has 3 fully saturated rings. The summed E-state index contributed by atoms with van der Waals surface area (Å²) < 4.78 is 0. The average Bonchev–Trinajstić information content (AvgIpc) is 2.92. The predicted molar refractivity (Wildman–Crippen MR) is 85.5 cm³/mol. The number of rotatable bonds is 2. The van der Waals surface area contributed by atoms with Crippen molar-refractivity contribution < 1.29 is 4.79 Å². The molecule has 0 spiro atoms. The highest BCUT2D eigenvalue weighted by molar-refractivity contribution is 5.85. The van der Waals surface area contributed by atoms with E-state index in [-0.39, 0.29) is 42.7 Å². The van der Waals surface area contributed by atoms with Crippen molar-refractivity contribution in [3.05, 3.63) is 0 Å². The normalized spacial score (nSPS) is 37.1.